The summed E-state index contributed by atoms with van der Waals surface area (Å²) in [4.78, 5) is 6.47. The molecular formula is C18H30IN3O. The highest BCUT2D eigenvalue weighted by atomic mass is 127. The molecule has 1 aromatic rings. The van der Waals surface area contributed by atoms with E-state index in [2.05, 4.69) is 53.4 Å². The molecule has 0 bridgehead atoms. The minimum atomic E-state index is 0. The predicted octanol–water partition coefficient (Wildman–Crippen LogP) is 3.09. The maximum absolute atomic E-state index is 5.69. The minimum absolute atomic E-state index is 0. The Hall–Kier alpha value is -0.820. The van der Waals surface area contributed by atoms with Crippen LogP contribution in [0.5, 0.6) is 0 Å². The molecule has 0 radical (unpaired) electrons. The van der Waals surface area contributed by atoms with Crippen molar-refractivity contribution in [1.29, 1.82) is 0 Å². The van der Waals surface area contributed by atoms with Crippen LogP contribution in [0, 0.1) is 12.8 Å². The maximum atomic E-state index is 5.69. The van der Waals surface area contributed by atoms with Gasteiger partial charge in [-0.1, -0.05) is 24.3 Å². The van der Waals surface area contributed by atoms with Gasteiger partial charge in [-0.2, -0.15) is 0 Å². The number of aliphatic imine (C=N–C) groups is 1. The van der Waals surface area contributed by atoms with Crippen molar-refractivity contribution in [3.8, 4) is 0 Å². The predicted molar refractivity (Wildman–Crippen MR) is 108 cm³/mol. The van der Waals surface area contributed by atoms with Gasteiger partial charge in [-0.25, -0.2) is 0 Å². The van der Waals surface area contributed by atoms with Gasteiger partial charge in [-0.3, -0.25) is 4.99 Å². The van der Waals surface area contributed by atoms with Crippen LogP contribution >= 0.6 is 24.0 Å². The molecule has 0 spiro atoms. The number of likely N-dealkylation sites (N-methyl/N-ethyl adjacent to an activating group) is 1. The normalized spacial score (nSPS) is 14.3. The Bertz CT molecular complexity index is 489. The van der Waals surface area contributed by atoms with Gasteiger partial charge in [0.05, 0.1) is 6.61 Å². The van der Waals surface area contributed by atoms with Crippen LogP contribution in [-0.4, -0.2) is 51.3 Å². The lowest BCUT2D eigenvalue weighted by molar-refractivity contribution is 0.115. The third-order valence-corrected chi connectivity index (χ3v) is 4.13. The quantitative estimate of drug-likeness (QED) is 0.298. The van der Waals surface area contributed by atoms with E-state index in [0.29, 0.717) is 0 Å². The number of hydrogen-bond donors (Lipinski definition) is 1. The average molecular weight is 431 g/mol. The molecule has 1 aromatic carbocycles. The number of nitrogens with one attached hydrogen (secondary N) is 1. The number of halogens is 1. The molecule has 1 saturated carbocycles. The highest BCUT2D eigenvalue weighted by Gasteiger charge is 2.21. The van der Waals surface area contributed by atoms with E-state index in [4.69, 9.17) is 4.74 Å². The second-order valence-electron chi connectivity index (χ2n) is 6.09. The number of benzene rings is 1. The maximum Gasteiger partial charge on any atom is 0.193 e. The van der Waals surface area contributed by atoms with Crippen LogP contribution in [0.15, 0.2) is 29.3 Å². The monoisotopic (exact) mass is 431 g/mol. The topological polar surface area (TPSA) is 36.9 Å². The first-order chi connectivity index (χ1) is 10.7. The van der Waals surface area contributed by atoms with E-state index in [1.165, 1.54) is 24.0 Å². The lowest BCUT2D eigenvalue weighted by atomic mass is 10.1. The molecule has 2 rings (SSSR count). The fourth-order valence-corrected chi connectivity index (χ4v) is 2.43. The summed E-state index contributed by atoms with van der Waals surface area (Å²) in [6.45, 7) is 5.62. The van der Waals surface area contributed by atoms with Crippen LogP contribution in [-0.2, 0) is 11.2 Å². The number of rotatable bonds is 8. The zero-order valence-electron chi connectivity index (χ0n) is 14.5. The molecule has 0 aliphatic heterocycles. The van der Waals surface area contributed by atoms with E-state index in [1.54, 1.807) is 0 Å². The summed E-state index contributed by atoms with van der Waals surface area (Å²) in [6.07, 6.45) is 3.70. The van der Waals surface area contributed by atoms with Crippen molar-refractivity contribution in [3.05, 3.63) is 35.4 Å². The van der Waals surface area contributed by atoms with Crippen LogP contribution in [0.2, 0.25) is 0 Å². The molecule has 23 heavy (non-hydrogen) atoms. The highest BCUT2D eigenvalue weighted by molar-refractivity contribution is 14.0. The van der Waals surface area contributed by atoms with Gasteiger partial charge < -0.3 is 15.0 Å². The zero-order chi connectivity index (χ0) is 15.8. The zero-order valence-corrected chi connectivity index (χ0v) is 16.9. The number of hydrogen-bond acceptors (Lipinski definition) is 2. The summed E-state index contributed by atoms with van der Waals surface area (Å²) in [5.74, 6) is 1.76. The van der Waals surface area contributed by atoms with Crippen LogP contribution in [0.25, 0.3) is 0 Å². The summed E-state index contributed by atoms with van der Waals surface area (Å²) in [5, 5.41) is 3.43. The molecule has 1 N–H and O–H groups in total. The van der Waals surface area contributed by atoms with Crippen LogP contribution < -0.4 is 5.32 Å². The number of guanidine groups is 1. The van der Waals surface area contributed by atoms with E-state index in [9.17, 15) is 0 Å². The van der Waals surface area contributed by atoms with Gasteiger partial charge in [-0.05, 0) is 43.2 Å². The Kier molecular flexibility index (Phi) is 9.55. The van der Waals surface area contributed by atoms with E-state index in [1.807, 2.05) is 7.05 Å². The van der Waals surface area contributed by atoms with Gasteiger partial charge in [0, 0.05) is 33.8 Å². The SMILES string of the molecule is CN=C(NCCc1ccccc1C)N(C)CCOCC1CC1.I. The molecule has 0 atom stereocenters. The fourth-order valence-electron chi connectivity index (χ4n) is 2.43. The second kappa shape index (κ2) is 10.9. The first kappa shape index (κ1) is 20.2. The third kappa shape index (κ3) is 7.52. The summed E-state index contributed by atoms with van der Waals surface area (Å²) >= 11 is 0. The summed E-state index contributed by atoms with van der Waals surface area (Å²) in [6, 6.07) is 8.53. The molecule has 130 valence electrons. The van der Waals surface area contributed by atoms with E-state index < -0.39 is 0 Å². The van der Waals surface area contributed by atoms with Crippen LogP contribution in [0.1, 0.15) is 24.0 Å². The Labute approximate surface area is 157 Å². The Morgan fingerprint density at radius 2 is 2.09 bits per heavy atom. The average Bonchev–Trinajstić information content (AvgIpc) is 3.34. The summed E-state index contributed by atoms with van der Waals surface area (Å²) in [7, 11) is 3.89. The molecule has 0 unspecified atom stereocenters. The van der Waals surface area contributed by atoms with Crippen molar-refractivity contribution in [2.24, 2.45) is 10.9 Å². The van der Waals surface area contributed by atoms with Crippen molar-refractivity contribution in [2.75, 3.05) is 40.4 Å². The largest absolute Gasteiger partial charge is 0.379 e. The van der Waals surface area contributed by atoms with Gasteiger partial charge in [-0.15, -0.1) is 24.0 Å². The highest BCUT2D eigenvalue weighted by Crippen LogP contribution is 2.28. The molecular weight excluding hydrogens is 401 g/mol. The van der Waals surface area contributed by atoms with Crippen molar-refractivity contribution in [3.63, 3.8) is 0 Å². The van der Waals surface area contributed by atoms with Crippen LogP contribution in [0.3, 0.4) is 0 Å². The first-order valence-corrected chi connectivity index (χ1v) is 8.24. The summed E-state index contributed by atoms with van der Waals surface area (Å²) < 4.78 is 5.69. The molecule has 5 heteroatoms. The molecule has 4 nitrogen and oxygen atoms in total. The Balaban J connectivity index is 0.00000264. The third-order valence-electron chi connectivity index (χ3n) is 4.13. The van der Waals surface area contributed by atoms with Gasteiger partial charge in [0.25, 0.3) is 0 Å². The number of nitrogens with zero attached hydrogens (tertiary/aromatic N) is 2. The van der Waals surface area contributed by atoms with Gasteiger partial charge >= 0.3 is 0 Å². The van der Waals surface area contributed by atoms with Gasteiger partial charge in [0.1, 0.15) is 0 Å². The van der Waals surface area contributed by atoms with E-state index in [0.717, 1.165) is 44.6 Å². The standard InChI is InChI=1S/C18H29N3O.HI/c1-15-6-4-5-7-17(15)10-11-20-18(19-2)21(3)12-13-22-14-16-8-9-16;/h4-7,16H,8-14H2,1-3H3,(H,19,20);1H. The lowest BCUT2D eigenvalue weighted by Gasteiger charge is -2.22. The Morgan fingerprint density at radius 3 is 2.74 bits per heavy atom. The molecule has 1 aliphatic rings. The smallest absolute Gasteiger partial charge is 0.193 e. The molecule has 1 aliphatic carbocycles. The Morgan fingerprint density at radius 1 is 1.35 bits per heavy atom. The van der Waals surface area contributed by atoms with Crippen LogP contribution in [0.4, 0.5) is 0 Å². The molecule has 0 saturated heterocycles. The lowest BCUT2D eigenvalue weighted by Crippen LogP contribution is -2.41. The van der Waals surface area contributed by atoms with Gasteiger partial charge in [0.15, 0.2) is 5.96 Å². The van der Waals surface area contributed by atoms with Crippen molar-refractivity contribution >= 4 is 29.9 Å². The number of ether oxygens (including phenoxy) is 1. The molecule has 1 fully saturated rings. The van der Waals surface area contributed by atoms with Crippen molar-refractivity contribution in [1.82, 2.24) is 10.2 Å². The molecule has 0 heterocycles. The first-order valence-electron chi connectivity index (χ1n) is 8.24. The van der Waals surface area contributed by atoms with Gasteiger partial charge in [0.2, 0.25) is 0 Å². The fraction of sp³-hybridized carbons (Fsp3) is 0.611. The van der Waals surface area contributed by atoms with E-state index in [-0.39, 0.29) is 24.0 Å². The molecule has 0 amide bonds. The van der Waals surface area contributed by atoms with E-state index >= 15 is 0 Å². The van der Waals surface area contributed by atoms with Crippen molar-refractivity contribution in [2.45, 2.75) is 26.2 Å². The summed E-state index contributed by atoms with van der Waals surface area (Å²) in [5.41, 5.74) is 2.74. The number of aryl methyl sites for hydroxylation is 1. The van der Waals surface area contributed by atoms with Crippen molar-refractivity contribution < 1.29 is 4.74 Å². The molecule has 0 aromatic heterocycles. The minimum Gasteiger partial charge on any atom is -0.379 e. The second-order valence-corrected chi connectivity index (χ2v) is 6.09.